The van der Waals surface area contributed by atoms with E-state index in [-0.39, 0.29) is 6.61 Å². The van der Waals surface area contributed by atoms with Gasteiger partial charge in [0.1, 0.15) is 0 Å². The summed E-state index contributed by atoms with van der Waals surface area (Å²) >= 11 is 6.08. The monoisotopic (exact) mass is 425 g/mol. The van der Waals surface area contributed by atoms with Crippen molar-refractivity contribution >= 4 is 44.9 Å². The number of benzene rings is 4. The van der Waals surface area contributed by atoms with Crippen LogP contribution in [0.2, 0.25) is 5.02 Å². The Bertz CT molecular complexity index is 1370. The number of aliphatic hydroxyl groups is 1. The Morgan fingerprint density at radius 2 is 1.61 bits per heavy atom. The van der Waals surface area contributed by atoms with E-state index in [1.165, 1.54) is 0 Å². The lowest BCUT2D eigenvalue weighted by molar-refractivity contribution is 0.299. The van der Waals surface area contributed by atoms with Gasteiger partial charge < -0.3 is 10.4 Å². The summed E-state index contributed by atoms with van der Waals surface area (Å²) in [5.74, 6) is 0.548. The molecule has 0 bridgehead atoms. The van der Waals surface area contributed by atoms with E-state index in [2.05, 4.69) is 28.5 Å². The average molecular weight is 426 g/mol. The third kappa shape index (κ3) is 3.96. The van der Waals surface area contributed by atoms with Gasteiger partial charge in [-0.3, -0.25) is 0 Å². The highest BCUT2D eigenvalue weighted by molar-refractivity contribution is 6.30. The third-order valence-corrected chi connectivity index (χ3v) is 5.61. The Balaban J connectivity index is 1.58. The summed E-state index contributed by atoms with van der Waals surface area (Å²) in [5.41, 5.74) is 5.13. The quantitative estimate of drug-likeness (QED) is 0.321. The molecule has 1 heterocycles. The minimum absolute atomic E-state index is 0.144. The number of hydrogen-bond donors (Lipinski definition) is 2. The molecule has 0 aliphatic carbocycles. The molecule has 5 rings (SSSR count). The van der Waals surface area contributed by atoms with Crippen molar-refractivity contribution in [3.05, 3.63) is 95.6 Å². The second-order valence-corrected chi connectivity index (χ2v) is 7.84. The fourth-order valence-corrected chi connectivity index (χ4v) is 3.94. The van der Waals surface area contributed by atoms with Gasteiger partial charge in [-0.1, -0.05) is 60.1 Å². The number of nitrogens with zero attached hydrogens (tertiary/aromatic N) is 2. The van der Waals surface area contributed by atoms with E-state index >= 15 is 0 Å². The van der Waals surface area contributed by atoms with Crippen molar-refractivity contribution in [2.75, 3.05) is 11.9 Å². The molecule has 0 aliphatic rings. The molecule has 0 aliphatic heterocycles. The first-order valence-corrected chi connectivity index (χ1v) is 10.5. The van der Waals surface area contributed by atoms with Crippen LogP contribution in [0.3, 0.4) is 0 Å². The standard InChI is InChI=1S/C26H20ClN3O/c27-20-9-7-18(8-10-20)24-15-19-16-28-26(29-21-11-5-17(6-12-21)13-14-31)30-25(19)23-4-2-1-3-22(23)24/h1-12,15-16,31H,13-14H2,(H,28,29,30). The topological polar surface area (TPSA) is 58.0 Å². The molecule has 0 saturated carbocycles. The minimum Gasteiger partial charge on any atom is -0.396 e. The predicted molar refractivity (Wildman–Crippen MR) is 128 cm³/mol. The van der Waals surface area contributed by atoms with Gasteiger partial charge in [0.2, 0.25) is 5.95 Å². The Morgan fingerprint density at radius 3 is 2.35 bits per heavy atom. The molecule has 5 aromatic rings. The highest BCUT2D eigenvalue weighted by Crippen LogP contribution is 2.34. The number of halogens is 1. The SMILES string of the molecule is OCCc1ccc(Nc2ncc3cc(-c4ccc(Cl)cc4)c4ccccc4c3n2)cc1. The molecule has 1 aromatic heterocycles. The first-order valence-electron chi connectivity index (χ1n) is 10.1. The van der Waals surface area contributed by atoms with Crippen LogP contribution in [0.15, 0.2) is 85.1 Å². The van der Waals surface area contributed by atoms with E-state index < -0.39 is 0 Å². The van der Waals surface area contributed by atoms with E-state index in [4.69, 9.17) is 21.7 Å². The zero-order valence-corrected chi connectivity index (χ0v) is 17.5. The lowest BCUT2D eigenvalue weighted by Crippen LogP contribution is -1.98. The maximum absolute atomic E-state index is 9.07. The van der Waals surface area contributed by atoms with Gasteiger partial charge in [0.25, 0.3) is 0 Å². The van der Waals surface area contributed by atoms with Crippen LogP contribution in [0, 0.1) is 0 Å². The highest BCUT2D eigenvalue weighted by Gasteiger charge is 2.11. The molecule has 4 nitrogen and oxygen atoms in total. The fourth-order valence-electron chi connectivity index (χ4n) is 3.81. The third-order valence-electron chi connectivity index (χ3n) is 5.36. The van der Waals surface area contributed by atoms with Crippen LogP contribution in [-0.4, -0.2) is 21.7 Å². The Labute approximate surface area is 185 Å². The van der Waals surface area contributed by atoms with E-state index in [1.807, 2.05) is 66.9 Å². The zero-order chi connectivity index (χ0) is 21.2. The van der Waals surface area contributed by atoms with Crippen LogP contribution in [0.25, 0.3) is 32.8 Å². The van der Waals surface area contributed by atoms with Crippen molar-refractivity contribution in [1.29, 1.82) is 0 Å². The molecule has 0 unspecified atom stereocenters. The second kappa shape index (κ2) is 8.34. The summed E-state index contributed by atoms with van der Waals surface area (Å²) in [5, 5.41) is 16.3. The molecule has 152 valence electrons. The van der Waals surface area contributed by atoms with E-state index in [9.17, 15) is 0 Å². The minimum atomic E-state index is 0.144. The molecule has 4 aromatic carbocycles. The molecular weight excluding hydrogens is 406 g/mol. The van der Waals surface area contributed by atoms with Crippen molar-refractivity contribution < 1.29 is 5.11 Å². The molecule has 2 N–H and O–H groups in total. The second-order valence-electron chi connectivity index (χ2n) is 7.40. The Kier molecular flexibility index (Phi) is 5.24. The number of nitrogens with one attached hydrogen (secondary N) is 1. The van der Waals surface area contributed by atoms with Gasteiger partial charge >= 0.3 is 0 Å². The van der Waals surface area contributed by atoms with Gasteiger partial charge in [-0.05, 0) is 58.8 Å². The predicted octanol–water partition coefficient (Wildman–Crippen LogP) is 6.38. The van der Waals surface area contributed by atoms with Gasteiger partial charge in [-0.15, -0.1) is 0 Å². The van der Waals surface area contributed by atoms with Crippen LogP contribution < -0.4 is 5.32 Å². The maximum atomic E-state index is 9.07. The average Bonchev–Trinajstić information content (AvgIpc) is 2.81. The molecule has 0 spiro atoms. The Hall–Kier alpha value is -3.47. The summed E-state index contributed by atoms with van der Waals surface area (Å²) in [6, 6.07) is 26.2. The zero-order valence-electron chi connectivity index (χ0n) is 16.7. The van der Waals surface area contributed by atoms with E-state index in [0.29, 0.717) is 12.4 Å². The first kappa shape index (κ1) is 19.5. The number of anilines is 2. The summed E-state index contributed by atoms with van der Waals surface area (Å²) in [4.78, 5) is 9.36. The molecule has 0 atom stereocenters. The number of aliphatic hydroxyl groups excluding tert-OH is 1. The summed E-state index contributed by atoms with van der Waals surface area (Å²) in [6.07, 6.45) is 2.51. The van der Waals surface area contributed by atoms with Crippen LogP contribution in [0.1, 0.15) is 5.56 Å². The first-order chi connectivity index (χ1) is 15.2. The maximum Gasteiger partial charge on any atom is 0.227 e. The Morgan fingerprint density at radius 1 is 0.871 bits per heavy atom. The number of aromatic nitrogens is 2. The molecule has 0 fully saturated rings. The number of rotatable bonds is 5. The van der Waals surface area contributed by atoms with E-state index in [1.54, 1.807) is 0 Å². The highest BCUT2D eigenvalue weighted by atomic mass is 35.5. The normalized spacial score (nSPS) is 11.2. The summed E-state index contributed by atoms with van der Waals surface area (Å²) in [6.45, 7) is 0.144. The molecular formula is C26H20ClN3O. The molecule has 31 heavy (non-hydrogen) atoms. The van der Waals surface area contributed by atoms with Crippen molar-refractivity contribution in [3.63, 3.8) is 0 Å². The van der Waals surface area contributed by atoms with Gasteiger partial charge in [0.15, 0.2) is 0 Å². The van der Waals surface area contributed by atoms with Crippen molar-refractivity contribution in [2.24, 2.45) is 0 Å². The number of hydrogen-bond acceptors (Lipinski definition) is 4. The molecule has 0 amide bonds. The van der Waals surface area contributed by atoms with Crippen LogP contribution >= 0.6 is 11.6 Å². The smallest absolute Gasteiger partial charge is 0.227 e. The fraction of sp³-hybridized carbons (Fsp3) is 0.0769. The van der Waals surface area contributed by atoms with Crippen molar-refractivity contribution in [2.45, 2.75) is 6.42 Å². The lowest BCUT2D eigenvalue weighted by Gasteiger charge is -2.12. The molecule has 0 saturated heterocycles. The van der Waals surface area contributed by atoms with Crippen molar-refractivity contribution in [3.8, 4) is 11.1 Å². The van der Waals surface area contributed by atoms with Crippen molar-refractivity contribution in [1.82, 2.24) is 9.97 Å². The largest absolute Gasteiger partial charge is 0.396 e. The molecule has 5 heteroatoms. The van der Waals surface area contributed by atoms with Gasteiger partial charge in [-0.2, -0.15) is 0 Å². The van der Waals surface area contributed by atoms with Crippen LogP contribution in [0.4, 0.5) is 11.6 Å². The summed E-state index contributed by atoms with van der Waals surface area (Å²) in [7, 11) is 0. The van der Waals surface area contributed by atoms with Crippen LogP contribution in [-0.2, 0) is 6.42 Å². The van der Waals surface area contributed by atoms with Crippen LogP contribution in [0.5, 0.6) is 0 Å². The summed E-state index contributed by atoms with van der Waals surface area (Å²) < 4.78 is 0. The van der Waals surface area contributed by atoms with Gasteiger partial charge in [0.05, 0.1) is 5.52 Å². The van der Waals surface area contributed by atoms with E-state index in [0.717, 1.165) is 49.1 Å². The molecule has 0 radical (unpaired) electrons. The number of fused-ring (bicyclic) bond motifs is 3. The van der Waals surface area contributed by atoms with Gasteiger partial charge in [0, 0.05) is 34.3 Å². The van der Waals surface area contributed by atoms with Gasteiger partial charge in [-0.25, -0.2) is 9.97 Å². The lowest BCUT2D eigenvalue weighted by atomic mass is 9.96.